The first-order chi connectivity index (χ1) is 9.37. The fourth-order valence-corrected chi connectivity index (χ4v) is 1.97. The van der Waals surface area contributed by atoms with Gasteiger partial charge in [0.2, 0.25) is 0 Å². The largest absolute Gasteiger partial charge is 0.372 e. The third-order valence-electron chi connectivity index (χ3n) is 3.07. The van der Waals surface area contributed by atoms with Crippen LogP contribution in [0.1, 0.15) is 44.5 Å². The van der Waals surface area contributed by atoms with Crippen LogP contribution < -0.4 is 16.0 Å². The minimum Gasteiger partial charge on any atom is -0.372 e. The van der Waals surface area contributed by atoms with Gasteiger partial charge in [-0.3, -0.25) is 4.79 Å². The maximum Gasteiger partial charge on any atom is 0.251 e. The van der Waals surface area contributed by atoms with E-state index in [1.165, 1.54) is 0 Å². The van der Waals surface area contributed by atoms with Gasteiger partial charge >= 0.3 is 0 Å². The summed E-state index contributed by atoms with van der Waals surface area (Å²) in [6.45, 7) is 10.5. The van der Waals surface area contributed by atoms with Crippen LogP contribution >= 0.6 is 24.8 Å². The maximum atomic E-state index is 12.0. The van der Waals surface area contributed by atoms with E-state index in [9.17, 15) is 4.79 Å². The quantitative estimate of drug-likeness (QED) is 0.794. The Morgan fingerprint density at radius 3 is 2.14 bits per heavy atom. The van der Waals surface area contributed by atoms with Crippen molar-refractivity contribution < 1.29 is 4.79 Å². The van der Waals surface area contributed by atoms with E-state index in [4.69, 9.17) is 5.73 Å². The number of carbonyl (C=O) groups excluding carboxylic acids is 1. The van der Waals surface area contributed by atoms with Crippen LogP contribution in [0.2, 0.25) is 0 Å². The first kappa shape index (κ1) is 23.3. The smallest absolute Gasteiger partial charge is 0.251 e. The third kappa shape index (κ3) is 7.87. The number of rotatable bonds is 7. The normalized spacial score (nSPS) is 10.2. The third-order valence-corrected chi connectivity index (χ3v) is 3.07. The van der Waals surface area contributed by atoms with Crippen molar-refractivity contribution in [1.82, 2.24) is 5.32 Å². The van der Waals surface area contributed by atoms with E-state index in [1.54, 1.807) is 0 Å². The van der Waals surface area contributed by atoms with Gasteiger partial charge < -0.3 is 16.0 Å². The number of halogens is 2. The van der Waals surface area contributed by atoms with Crippen molar-refractivity contribution >= 4 is 36.4 Å². The summed E-state index contributed by atoms with van der Waals surface area (Å²) < 4.78 is 0. The van der Waals surface area contributed by atoms with E-state index in [-0.39, 0.29) is 30.7 Å². The average Bonchev–Trinajstić information content (AvgIpc) is 2.41. The highest BCUT2D eigenvalue weighted by molar-refractivity contribution is 5.94. The second-order valence-corrected chi connectivity index (χ2v) is 5.80. The van der Waals surface area contributed by atoms with E-state index < -0.39 is 5.54 Å². The Bertz CT molecular complexity index is 430. The minimum absolute atomic E-state index is 0. The van der Waals surface area contributed by atoms with Crippen molar-refractivity contribution in [2.24, 2.45) is 5.73 Å². The molecule has 0 spiro atoms. The van der Waals surface area contributed by atoms with E-state index in [0.29, 0.717) is 12.1 Å². The molecule has 0 aliphatic heterocycles. The topological polar surface area (TPSA) is 58.4 Å². The van der Waals surface area contributed by atoms with Crippen molar-refractivity contribution in [2.45, 2.75) is 39.7 Å². The summed E-state index contributed by atoms with van der Waals surface area (Å²) in [6, 6.07) is 7.74. The maximum absolute atomic E-state index is 12.0. The van der Waals surface area contributed by atoms with E-state index >= 15 is 0 Å². The summed E-state index contributed by atoms with van der Waals surface area (Å²) in [5.41, 5.74) is 7.29. The Balaban J connectivity index is 0. The van der Waals surface area contributed by atoms with Crippen LogP contribution in [0, 0.1) is 0 Å². The number of anilines is 1. The van der Waals surface area contributed by atoms with Crippen molar-refractivity contribution in [3.63, 3.8) is 0 Å². The molecule has 1 amide bonds. The zero-order valence-corrected chi connectivity index (χ0v) is 15.5. The summed E-state index contributed by atoms with van der Waals surface area (Å²) in [5, 5.41) is 2.85. The molecule has 22 heavy (non-hydrogen) atoms. The molecule has 1 aromatic carbocycles. The van der Waals surface area contributed by atoms with E-state index in [1.807, 2.05) is 38.1 Å². The van der Waals surface area contributed by atoms with Gasteiger partial charge in [-0.25, -0.2) is 0 Å². The molecule has 128 valence electrons. The number of hydrogen-bond donors (Lipinski definition) is 2. The molecule has 0 atom stereocenters. The first-order valence-electron chi connectivity index (χ1n) is 7.29. The SMILES string of the molecule is CCCN(CC)c1ccc(C(=O)NCC(C)(C)N)cc1.Cl.Cl. The monoisotopic (exact) mass is 349 g/mol. The summed E-state index contributed by atoms with van der Waals surface area (Å²) >= 11 is 0. The lowest BCUT2D eigenvalue weighted by Crippen LogP contribution is -2.45. The molecule has 0 saturated carbocycles. The predicted molar refractivity (Wildman–Crippen MR) is 99.7 cm³/mol. The number of hydrogen-bond acceptors (Lipinski definition) is 3. The van der Waals surface area contributed by atoms with E-state index in [2.05, 4.69) is 24.1 Å². The molecular formula is C16H29Cl2N3O. The molecule has 0 radical (unpaired) electrons. The molecule has 0 aromatic heterocycles. The molecule has 1 rings (SSSR count). The van der Waals surface area contributed by atoms with Gasteiger partial charge in [-0.2, -0.15) is 0 Å². The number of benzene rings is 1. The summed E-state index contributed by atoms with van der Waals surface area (Å²) in [7, 11) is 0. The second kappa shape index (κ2) is 10.7. The molecule has 1 aromatic rings. The lowest BCUT2D eigenvalue weighted by atomic mass is 10.1. The van der Waals surface area contributed by atoms with Crippen LogP contribution in [0.5, 0.6) is 0 Å². The van der Waals surface area contributed by atoms with Gasteiger partial charge in [-0.05, 0) is 51.5 Å². The lowest BCUT2D eigenvalue weighted by Gasteiger charge is -2.22. The van der Waals surface area contributed by atoms with Crippen LogP contribution in [-0.2, 0) is 0 Å². The number of nitrogens with zero attached hydrogens (tertiary/aromatic N) is 1. The Kier molecular flexibility index (Phi) is 11.3. The number of nitrogens with one attached hydrogen (secondary N) is 1. The average molecular weight is 350 g/mol. The van der Waals surface area contributed by atoms with Gasteiger partial charge in [0, 0.05) is 36.4 Å². The number of carbonyl (C=O) groups is 1. The fourth-order valence-electron chi connectivity index (χ4n) is 1.97. The van der Waals surface area contributed by atoms with Gasteiger partial charge in [0.1, 0.15) is 0 Å². The molecule has 0 unspecified atom stereocenters. The molecule has 0 aliphatic carbocycles. The second-order valence-electron chi connectivity index (χ2n) is 5.80. The molecule has 0 fully saturated rings. The van der Waals surface area contributed by atoms with Crippen LogP contribution in [0.15, 0.2) is 24.3 Å². The molecule has 4 nitrogen and oxygen atoms in total. The van der Waals surface area contributed by atoms with Gasteiger partial charge in [0.05, 0.1) is 0 Å². The van der Waals surface area contributed by atoms with Crippen molar-refractivity contribution in [3.8, 4) is 0 Å². The van der Waals surface area contributed by atoms with Crippen LogP contribution in [0.3, 0.4) is 0 Å². The Hall–Kier alpha value is -0.970. The first-order valence-corrected chi connectivity index (χ1v) is 7.29. The Labute approximate surface area is 146 Å². The summed E-state index contributed by atoms with van der Waals surface area (Å²) in [4.78, 5) is 14.3. The summed E-state index contributed by atoms with van der Waals surface area (Å²) in [6.07, 6.45) is 1.11. The Morgan fingerprint density at radius 2 is 1.73 bits per heavy atom. The summed E-state index contributed by atoms with van der Waals surface area (Å²) in [5.74, 6) is -0.0754. The minimum atomic E-state index is -0.393. The molecule has 0 heterocycles. The predicted octanol–water partition coefficient (Wildman–Crippen LogP) is 3.23. The van der Waals surface area contributed by atoms with Gasteiger partial charge in [-0.15, -0.1) is 24.8 Å². The zero-order valence-electron chi connectivity index (χ0n) is 13.9. The van der Waals surface area contributed by atoms with Crippen molar-refractivity contribution in [2.75, 3.05) is 24.5 Å². The van der Waals surface area contributed by atoms with Gasteiger partial charge in [-0.1, -0.05) is 6.92 Å². The molecule has 0 bridgehead atoms. The lowest BCUT2D eigenvalue weighted by molar-refractivity contribution is 0.0946. The van der Waals surface area contributed by atoms with Crippen LogP contribution in [0.25, 0.3) is 0 Å². The molecular weight excluding hydrogens is 321 g/mol. The molecule has 0 saturated heterocycles. The van der Waals surface area contributed by atoms with Crippen molar-refractivity contribution in [1.29, 1.82) is 0 Å². The van der Waals surface area contributed by atoms with Gasteiger partial charge in [0.25, 0.3) is 5.91 Å². The fraction of sp³-hybridized carbons (Fsp3) is 0.562. The van der Waals surface area contributed by atoms with Crippen LogP contribution in [-0.4, -0.2) is 31.1 Å². The highest BCUT2D eigenvalue weighted by atomic mass is 35.5. The number of amides is 1. The highest BCUT2D eigenvalue weighted by Crippen LogP contribution is 2.15. The molecule has 6 heteroatoms. The zero-order chi connectivity index (χ0) is 15.2. The number of nitrogens with two attached hydrogens (primary N) is 1. The van der Waals surface area contributed by atoms with Crippen molar-refractivity contribution in [3.05, 3.63) is 29.8 Å². The van der Waals surface area contributed by atoms with E-state index in [0.717, 1.165) is 25.2 Å². The highest BCUT2D eigenvalue weighted by Gasteiger charge is 2.13. The Morgan fingerprint density at radius 1 is 1.18 bits per heavy atom. The van der Waals surface area contributed by atoms with Gasteiger partial charge in [0.15, 0.2) is 0 Å². The molecule has 3 N–H and O–H groups in total. The van der Waals surface area contributed by atoms with Crippen LogP contribution in [0.4, 0.5) is 5.69 Å². The standard InChI is InChI=1S/C16H27N3O.2ClH/c1-5-11-19(6-2)14-9-7-13(8-10-14)15(20)18-12-16(3,4)17;;/h7-10H,5-6,11-12,17H2,1-4H3,(H,18,20);2*1H. The molecule has 0 aliphatic rings.